The lowest BCUT2D eigenvalue weighted by atomic mass is 10.2. The molecule has 4 heteroatoms. The van der Waals surface area contributed by atoms with Gasteiger partial charge in [0.25, 0.3) is 0 Å². The van der Waals surface area contributed by atoms with E-state index in [2.05, 4.69) is 17.0 Å². The van der Waals surface area contributed by atoms with Gasteiger partial charge in [0.15, 0.2) is 0 Å². The molecule has 2 aromatic heterocycles. The second-order valence-corrected chi connectivity index (χ2v) is 4.36. The Morgan fingerprint density at radius 1 is 1.21 bits per heavy atom. The van der Waals surface area contributed by atoms with Crippen LogP contribution in [0.15, 0.2) is 48.9 Å². The predicted octanol–water partition coefficient (Wildman–Crippen LogP) is 3.03. The lowest BCUT2D eigenvalue weighted by Gasteiger charge is -2.05. The zero-order chi connectivity index (χ0) is 13.1. The molecule has 0 fully saturated rings. The topological polar surface area (TPSA) is 39.9 Å². The molecule has 0 aliphatic rings. The molecule has 3 aromatic rings. The van der Waals surface area contributed by atoms with Crippen LogP contribution < -0.4 is 4.74 Å². The Labute approximate surface area is 111 Å². The molecule has 0 aliphatic carbocycles. The summed E-state index contributed by atoms with van der Waals surface area (Å²) >= 11 is 0. The van der Waals surface area contributed by atoms with Gasteiger partial charge in [0.05, 0.1) is 17.9 Å². The van der Waals surface area contributed by atoms with E-state index in [4.69, 9.17) is 4.74 Å². The van der Waals surface area contributed by atoms with Crippen LogP contribution in [0.5, 0.6) is 5.75 Å². The number of hydrogen-bond acceptors (Lipinski definition) is 3. The highest BCUT2D eigenvalue weighted by atomic mass is 16.5. The maximum atomic E-state index is 5.74. The van der Waals surface area contributed by atoms with Gasteiger partial charge in [-0.25, -0.2) is 0 Å². The maximum absolute atomic E-state index is 5.74. The van der Waals surface area contributed by atoms with Gasteiger partial charge in [0.1, 0.15) is 12.4 Å². The number of benzene rings is 1. The Hall–Kier alpha value is -2.36. The van der Waals surface area contributed by atoms with Crippen LogP contribution in [0.1, 0.15) is 12.5 Å². The van der Waals surface area contributed by atoms with Gasteiger partial charge in [-0.15, -0.1) is 0 Å². The first-order chi connectivity index (χ1) is 9.35. The van der Waals surface area contributed by atoms with E-state index in [0.717, 1.165) is 28.8 Å². The number of aromatic nitrogens is 3. The molecule has 0 saturated carbocycles. The SMILES string of the molecule is CCn1cc(COc2cnc3ccccc3c2)cn1. The zero-order valence-corrected chi connectivity index (χ0v) is 10.8. The number of aryl methyl sites for hydroxylation is 1. The van der Waals surface area contributed by atoms with E-state index in [1.807, 2.05) is 47.4 Å². The van der Waals surface area contributed by atoms with Crippen molar-refractivity contribution in [2.75, 3.05) is 0 Å². The molecule has 0 N–H and O–H groups in total. The van der Waals surface area contributed by atoms with Crippen molar-refractivity contribution in [2.24, 2.45) is 0 Å². The second-order valence-electron chi connectivity index (χ2n) is 4.36. The van der Waals surface area contributed by atoms with Crippen LogP contribution in [-0.4, -0.2) is 14.8 Å². The molecular formula is C15H15N3O. The molecule has 3 rings (SSSR count). The number of nitrogens with zero attached hydrogens (tertiary/aromatic N) is 3. The number of pyridine rings is 1. The van der Waals surface area contributed by atoms with E-state index in [9.17, 15) is 0 Å². The minimum Gasteiger partial charge on any atom is -0.487 e. The van der Waals surface area contributed by atoms with E-state index in [1.54, 1.807) is 6.20 Å². The van der Waals surface area contributed by atoms with Crippen LogP contribution in [0.4, 0.5) is 0 Å². The summed E-state index contributed by atoms with van der Waals surface area (Å²) in [5, 5.41) is 5.31. The fourth-order valence-electron chi connectivity index (χ4n) is 1.95. The smallest absolute Gasteiger partial charge is 0.138 e. The highest BCUT2D eigenvalue weighted by Gasteiger charge is 2.01. The molecule has 4 nitrogen and oxygen atoms in total. The summed E-state index contributed by atoms with van der Waals surface area (Å²) in [6, 6.07) is 10.0. The molecule has 96 valence electrons. The highest BCUT2D eigenvalue weighted by Crippen LogP contribution is 2.18. The van der Waals surface area contributed by atoms with Crippen LogP contribution in [0.2, 0.25) is 0 Å². The van der Waals surface area contributed by atoms with Crippen molar-refractivity contribution in [2.45, 2.75) is 20.1 Å². The van der Waals surface area contributed by atoms with Gasteiger partial charge in [-0.2, -0.15) is 5.10 Å². The van der Waals surface area contributed by atoms with Crippen molar-refractivity contribution in [3.05, 3.63) is 54.5 Å². The van der Waals surface area contributed by atoms with Crippen LogP contribution in [0.3, 0.4) is 0 Å². The molecule has 2 heterocycles. The van der Waals surface area contributed by atoms with Crippen LogP contribution in [-0.2, 0) is 13.2 Å². The molecular weight excluding hydrogens is 238 g/mol. The van der Waals surface area contributed by atoms with Crippen molar-refractivity contribution in [3.63, 3.8) is 0 Å². The van der Waals surface area contributed by atoms with Gasteiger partial charge in [0, 0.05) is 23.7 Å². The Kier molecular flexibility index (Phi) is 3.14. The predicted molar refractivity (Wildman–Crippen MR) is 74.0 cm³/mol. The minimum absolute atomic E-state index is 0.514. The molecule has 0 unspecified atom stereocenters. The summed E-state index contributed by atoms with van der Waals surface area (Å²) in [5.74, 6) is 0.781. The second kappa shape index (κ2) is 5.10. The lowest BCUT2D eigenvalue weighted by molar-refractivity contribution is 0.305. The first-order valence-corrected chi connectivity index (χ1v) is 6.34. The fraction of sp³-hybridized carbons (Fsp3) is 0.200. The molecule has 1 aromatic carbocycles. The van der Waals surface area contributed by atoms with Gasteiger partial charge in [-0.05, 0) is 19.1 Å². The van der Waals surface area contributed by atoms with Gasteiger partial charge in [-0.1, -0.05) is 18.2 Å². The molecule has 0 bridgehead atoms. The van der Waals surface area contributed by atoms with E-state index in [-0.39, 0.29) is 0 Å². The average molecular weight is 253 g/mol. The number of hydrogen-bond donors (Lipinski definition) is 0. The highest BCUT2D eigenvalue weighted by molar-refractivity contribution is 5.79. The first kappa shape index (κ1) is 11.7. The third kappa shape index (κ3) is 2.57. The minimum atomic E-state index is 0.514. The largest absolute Gasteiger partial charge is 0.487 e. The van der Waals surface area contributed by atoms with E-state index in [1.165, 1.54) is 0 Å². The summed E-state index contributed by atoms with van der Waals surface area (Å²) < 4.78 is 7.63. The molecule has 0 radical (unpaired) electrons. The van der Waals surface area contributed by atoms with Crippen LogP contribution >= 0.6 is 0 Å². The van der Waals surface area contributed by atoms with Crippen molar-refractivity contribution in [1.29, 1.82) is 0 Å². The average Bonchev–Trinajstić information content (AvgIpc) is 2.93. The maximum Gasteiger partial charge on any atom is 0.138 e. The molecule has 0 atom stereocenters. The Morgan fingerprint density at radius 3 is 2.95 bits per heavy atom. The third-order valence-corrected chi connectivity index (χ3v) is 2.98. The van der Waals surface area contributed by atoms with Crippen LogP contribution in [0, 0.1) is 0 Å². The summed E-state index contributed by atoms with van der Waals surface area (Å²) in [7, 11) is 0. The number of para-hydroxylation sites is 1. The van der Waals surface area contributed by atoms with E-state index < -0.39 is 0 Å². The van der Waals surface area contributed by atoms with Gasteiger partial charge < -0.3 is 4.74 Å². The molecule has 0 aliphatic heterocycles. The Bertz CT molecular complexity index is 690. The quantitative estimate of drug-likeness (QED) is 0.717. The number of rotatable bonds is 4. The molecule has 0 spiro atoms. The fourth-order valence-corrected chi connectivity index (χ4v) is 1.95. The number of fused-ring (bicyclic) bond motifs is 1. The normalized spacial score (nSPS) is 10.8. The van der Waals surface area contributed by atoms with Crippen molar-refractivity contribution >= 4 is 10.9 Å². The summed E-state index contributed by atoms with van der Waals surface area (Å²) in [5.41, 5.74) is 2.05. The first-order valence-electron chi connectivity index (χ1n) is 6.34. The molecule has 0 amide bonds. The lowest BCUT2D eigenvalue weighted by Crippen LogP contribution is -1.95. The third-order valence-electron chi connectivity index (χ3n) is 2.98. The summed E-state index contributed by atoms with van der Waals surface area (Å²) in [4.78, 5) is 4.37. The van der Waals surface area contributed by atoms with E-state index >= 15 is 0 Å². The van der Waals surface area contributed by atoms with Gasteiger partial charge in [-0.3, -0.25) is 9.67 Å². The Morgan fingerprint density at radius 2 is 2.11 bits per heavy atom. The standard InChI is InChI=1S/C15H15N3O/c1-2-18-10-12(8-17-18)11-19-14-7-13-5-3-4-6-15(13)16-9-14/h3-10H,2,11H2,1H3. The molecule has 19 heavy (non-hydrogen) atoms. The van der Waals surface area contributed by atoms with Gasteiger partial charge in [0.2, 0.25) is 0 Å². The van der Waals surface area contributed by atoms with Crippen molar-refractivity contribution in [3.8, 4) is 5.75 Å². The number of ether oxygens (including phenoxy) is 1. The van der Waals surface area contributed by atoms with Gasteiger partial charge >= 0.3 is 0 Å². The zero-order valence-electron chi connectivity index (χ0n) is 10.8. The van der Waals surface area contributed by atoms with E-state index in [0.29, 0.717) is 6.61 Å². The monoisotopic (exact) mass is 253 g/mol. The summed E-state index contributed by atoms with van der Waals surface area (Å²) in [6.45, 7) is 3.45. The molecule has 0 saturated heterocycles. The Balaban J connectivity index is 1.74. The van der Waals surface area contributed by atoms with Crippen LogP contribution in [0.25, 0.3) is 10.9 Å². The summed E-state index contributed by atoms with van der Waals surface area (Å²) in [6.07, 6.45) is 5.58. The van der Waals surface area contributed by atoms with Crippen molar-refractivity contribution < 1.29 is 4.74 Å². The van der Waals surface area contributed by atoms with Crippen molar-refractivity contribution in [1.82, 2.24) is 14.8 Å².